The monoisotopic (exact) mass is 394 g/mol. The standard InChI is InChI=1S/BH2.Ba.Bi.H3Si.3H/h1H2;;;1H3;;;/q+1;-1;;;;;. The van der Waals surface area contributed by atoms with E-state index in [4.69, 9.17) is 0 Å². The Balaban J connectivity index is 0. The maximum atomic E-state index is 2.41. The third-order valence-electron chi connectivity index (χ3n) is 0. The number of hydrogen-bond donors (Lipinski definition) is 0. The average Bonchev–Trinajstić information content (AvgIpc) is 0.918. The van der Waals surface area contributed by atoms with Crippen LogP contribution < -0.4 is 0 Å². The summed E-state index contributed by atoms with van der Waals surface area (Å²) in [5.74, 6) is 0. The Kier molecular flexibility index (Phi) is 22.8. The summed E-state index contributed by atoms with van der Waals surface area (Å²) < 4.78 is 4.00. The molecule has 0 aromatic heterocycles. The van der Waals surface area contributed by atoms with Gasteiger partial charge in [-0.2, -0.15) is 0 Å². The van der Waals surface area contributed by atoms with Crippen molar-refractivity contribution in [3.8, 4) is 0 Å². The Morgan fingerprint density at radius 3 is 1.75 bits per heavy atom. The van der Waals surface area contributed by atoms with Gasteiger partial charge in [0.05, 0.1) is 0 Å². The summed E-state index contributed by atoms with van der Waals surface area (Å²) in [5.41, 5.74) is 0. The van der Waals surface area contributed by atoms with Crippen LogP contribution in [-0.2, 0) is 0 Å². The Hall–Kier alpha value is 2.74. The summed E-state index contributed by atoms with van der Waals surface area (Å²) in [4.78, 5) is 0. The van der Waals surface area contributed by atoms with Crippen LogP contribution in [0.5, 0.6) is 0 Å². The first-order chi connectivity index (χ1) is 1.41. The Labute approximate surface area is 71.9 Å². The molecule has 0 aliphatic rings. The first-order valence-electron chi connectivity index (χ1n) is 1.41. The molecule has 0 aromatic carbocycles. The van der Waals surface area contributed by atoms with Crippen LogP contribution in [0.4, 0.5) is 0 Å². The molecule has 0 saturated heterocycles. The van der Waals surface area contributed by atoms with Gasteiger partial charge in [-0.05, 0) is 0 Å². The molecular weight excluding hydrogens is 385 g/mol. The van der Waals surface area contributed by atoms with E-state index in [0.717, 1.165) is 0 Å². The van der Waals surface area contributed by atoms with Crippen LogP contribution in [0.3, 0.4) is 0 Å². The molecule has 0 atom stereocenters. The van der Waals surface area contributed by atoms with E-state index in [-0.39, 0.29) is 68.8 Å². The molecule has 0 nitrogen and oxygen atoms in total. The van der Waals surface area contributed by atoms with E-state index in [1.165, 1.54) is 0 Å². The van der Waals surface area contributed by atoms with E-state index in [0.29, 0.717) is 0 Å². The SMILES string of the molecule is [BH2][Ba][SiH3].[BiH3]. The van der Waals surface area contributed by atoms with Crippen LogP contribution in [0.15, 0.2) is 0 Å². The fourth-order valence-corrected chi connectivity index (χ4v) is 0. The number of hydrogen-bond acceptors (Lipinski definition) is 0. The summed E-state index contributed by atoms with van der Waals surface area (Å²) in [6.45, 7) is 0. The van der Waals surface area contributed by atoms with E-state index < -0.39 is 0 Å². The van der Waals surface area contributed by atoms with Crippen molar-refractivity contribution >= 4 is 74.1 Å². The molecule has 0 saturated carbocycles. The van der Waals surface area contributed by atoms with Crippen molar-refractivity contribution in [2.24, 2.45) is 0 Å². The van der Waals surface area contributed by atoms with E-state index in [2.05, 4.69) is 1.92 Å². The summed E-state index contributed by atoms with van der Waals surface area (Å²) in [7, 11) is 0. The van der Waals surface area contributed by atoms with Gasteiger partial charge in [-0.15, -0.1) is 0 Å². The van der Waals surface area contributed by atoms with Crippen molar-refractivity contribution in [1.29, 1.82) is 0 Å². The van der Waals surface area contributed by atoms with E-state index in [1.54, 1.807) is 3.38 Å². The molecule has 0 aliphatic carbocycles. The second-order valence-corrected chi connectivity index (χ2v) is 15.4. The fraction of sp³-hybridized carbons (Fsp3) is 0. The summed E-state index contributed by atoms with van der Waals surface area (Å²) in [5, 5.41) is 0. The Morgan fingerprint density at radius 2 is 1.75 bits per heavy atom. The molecule has 4 heavy (non-hydrogen) atoms. The van der Waals surface area contributed by atoms with E-state index in [1.807, 2.05) is 0 Å². The van der Waals surface area contributed by atoms with Crippen molar-refractivity contribution < 1.29 is 0 Å². The molecule has 0 aliphatic heterocycles. The minimum atomic E-state index is 0. The molecule has 0 aromatic rings. The first kappa shape index (κ1) is 9.88. The Morgan fingerprint density at radius 1 is 1.75 bits per heavy atom. The van der Waals surface area contributed by atoms with Gasteiger partial charge in [0.1, 0.15) is 0 Å². The van der Waals surface area contributed by atoms with Crippen LogP contribution >= 0.6 is 0 Å². The molecule has 0 spiro atoms. The van der Waals surface area contributed by atoms with Crippen molar-refractivity contribution in [2.45, 2.75) is 0 Å². The molecule has 4 heteroatoms. The van der Waals surface area contributed by atoms with Crippen LogP contribution in [0.25, 0.3) is 0 Å². The minimum absolute atomic E-state index is 0. The molecule has 0 radical (unpaired) electrons. The predicted molar refractivity (Wildman–Crippen MR) is 34.2 cm³/mol. The zero-order chi connectivity index (χ0) is 2.71. The van der Waals surface area contributed by atoms with E-state index >= 15 is 0 Å². The van der Waals surface area contributed by atoms with Gasteiger partial charge >= 0.3 is 74.1 Å². The van der Waals surface area contributed by atoms with E-state index in [9.17, 15) is 0 Å². The fourth-order valence-electron chi connectivity index (χ4n) is 0. The second-order valence-electron chi connectivity index (χ2n) is 0.707. The van der Waals surface area contributed by atoms with Gasteiger partial charge in [0.2, 0.25) is 0 Å². The summed E-state index contributed by atoms with van der Waals surface area (Å²) >= 11 is 0.0556. The zero-order valence-corrected chi connectivity index (χ0v) is 15.4. The quantitative estimate of drug-likeness (QED) is 0.373. The molecule has 22 valence electrons. The van der Waals surface area contributed by atoms with Crippen LogP contribution in [0.1, 0.15) is 0 Å². The van der Waals surface area contributed by atoms with Crippen molar-refractivity contribution in [3.63, 3.8) is 0 Å². The van der Waals surface area contributed by atoms with Gasteiger partial charge in [0.15, 0.2) is 0 Å². The van der Waals surface area contributed by atoms with Crippen LogP contribution in [0.2, 0.25) is 0 Å². The van der Waals surface area contributed by atoms with Gasteiger partial charge in [-0.3, -0.25) is 0 Å². The molecule has 0 fully saturated rings. The van der Waals surface area contributed by atoms with Crippen molar-refractivity contribution in [1.82, 2.24) is 0 Å². The summed E-state index contributed by atoms with van der Waals surface area (Å²) in [6, 6.07) is 0. The topological polar surface area (TPSA) is 0 Å². The maximum absolute atomic E-state index is 2.41. The van der Waals surface area contributed by atoms with Gasteiger partial charge in [0.25, 0.3) is 0 Å². The third-order valence-corrected chi connectivity index (χ3v) is 0. The zero-order valence-electron chi connectivity index (χ0n) is 3.41. The molecule has 0 N–H and O–H groups in total. The average molecular weight is 393 g/mol. The summed E-state index contributed by atoms with van der Waals surface area (Å²) in [6.07, 6.45) is 0. The molecule has 0 rings (SSSR count). The first-order valence-corrected chi connectivity index (χ1v) is 20.6. The predicted octanol–water partition coefficient (Wildman–Crippen LogP) is -3.66. The van der Waals surface area contributed by atoms with Crippen LogP contribution in [-0.4, -0.2) is 74.1 Å². The van der Waals surface area contributed by atoms with Gasteiger partial charge in [0, 0.05) is 0 Å². The molecule has 0 bridgehead atoms. The normalized spacial score (nSPS) is 3.00. The molecule has 0 heterocycles. The van der Waals surface area contributed by atoms with Gasteiger partial charge in [-0.25, -0.2) is 0 Å². The molecular formula is H8BBaBiSi. The molecule has 0 unspecified atom stereocenters. The van der Waals surface area contributed by atoms with Crippen molar-refractivity contribution in [2.75, 3.05) is 0 Å². The molecule has 0 amide bonds. The third kappa shape index (κ3) is 8.83. The second kappa shape index (κ2) is 9.22. The number of rotatable bonds is 0. The van der Waals surface area contributed by atoms with Gasteiger partial charge < -0.3 is 0 Å². The van der Waals surface area contributed by atoms with Gasteiger partial charge in [-0.1, -0.05) is 0 Å². The van der Waals surface area contributed by atoms with Crippen LogP contribution in [0, 0.1) is 0 Å². The Bertz CT molecular complexity index is 8.00. The van der Waals surface area contributed by atoms with Crippen molar-refractivity contribution in [3.05, 3.63) is 0 Å².